The largest absolute Gasteiger partial charge is 0.264 e. The standard InChI is InChI=1S/C13H17N/c1-2-11-8-9-14-10-13(11)12-6-4-3-5-7-12/h6,8-10H,2-5,7H2,1H3. The van der Waals surface area contributed by atoms with Crippen LogP contribution in [0, 0.1) is 0 Å². The van der Waals surface area contributed by atoms with Crippen LogP contribution in [0.1, 0.15) is 43.7 Å². The van der Waals surface area contributed by atoms with Crippen molar-refractivity contribution in [3.05, 3.63) is 35.7 Å². The summed E-state index contributed by atoms with van der Waals surface area (Å²) in [4.78, 5) is 4.23. The Labute approximate surface area is 85.9 Å². The molecule has 1 heteroatoms. The predicted octanol–water partition coefficient (Wildman–Crippen LogP) is 3.60. The number of aryl methyl sites for hydroxylation is 1. The number of pyridine rings is 1. The average Bonchev–Trinajstić information content (AvgIpc) is 2.30. The van der Waals surface area contributed by atoms with Crippen molar-refractivity contribution in [1.29, 1.82) is 0 Å². The van der Waals surface area contributed by atoms with Crippen LogP contribution in [0.5, 0.6) is 0 Å². The molecule has 1 aromatic rings. The summed E-state index contributed by atoms with van der Waals surface area (Å²) in [7, 11) is 0. The number of hydrogen-bond acceptors (Lipinski definition) is 1. The summed E-state index contributed by atoms with van der Waals surface area (Å²) in [5.74, 6) is 0. The van der Waals surface area contributed by atoms with Gasteiger partial charge in [0.05, 0.1) is 0 Å². The molecule has 0 fully saturated rings. The van der Waals surface area contributed by atoms with Crippen LogP contribution in [0.25, 0.3) is 5.57 Å². The molecule has 1 aliphatic carbocycles. The molecule has 0 radical (unpaired) electrons. The van der Waals surface area contributed by atoms with Crippen LogP contribution in [0.3, 0.4) is 0 Å². The van der Waals surface area contributed by atoms with Gasteiger partial charge in [0.25, 0.3) is 0 Å². The van der Waals surface area contributed by atoms with E-state index in [1.807, 2.05) is 12.4 Å². The number of aromatic nitrogens is 1. The summed E-state index contributed by atoms with van der Waals surface area (Å²) in [6, 6.07) is 2.14. The van der Waals surface area contributed by atoms with Crippen molar-refractivity contribution in [3.63, 3.8) is 0 Å². The zero-order chi connectivity index (χ0) is 9.80. The molecule has 0 spiro atoms. The smallest absolute Gasteiger partial charge is 0.0345 e. The highest BCUT2D eigenvalue weighted by atomic mass is 14.6. The zero-order valence-electron chi connectivity index (χ0n) is 8.79. The van der Waals surface area contributed by atoms with Gasteiger partial charge >= 0.3 is 0 Å². The minimum Gasteiger partial charge on any atom is -0.264 e. The quantitative estimate of drug-likeness (QED) is 0.689. The normalized spacial score (nSPS) is 16.5. The van der Waals surface area contributed by atoms with Gasteiger partial charge in [0, 0.05) is 12.4 Å². The molecule has 2 rings (SSSR count). The number of hydrogen-bond donors (Lipinski definition) is 0. The highest BCUT2D eigenvalue weighted by molar-refractivity contribution is 5.68. The first-order valence-electron chi connectivity index (χ1n) is 5.54. The Hall–Kier alpha value is -1.11. The van der Waals surface area contributed by atoms with Crippen molar-refractivity contribution in [3.8, 4) is 0 Å². The van der Waals surface area contributed by atoms with Crippen LogP contribution in [-0.2, 0) is 6.42 Å². The van der Waals surface area contributed by atoms with Crippen LogP contribution in [0.2, 0.25) is 0 Å². The molecule has 1 heterocycles. The number of nitrogens with zero attached hydrogens (tertiary/aromatic N) is 1. The minimum absolute atomic E-state index is 1.11. The summed E-state index contributed by atoms with van der Waals surface area (Å²) in [6.45, 7) is 2.21. The van der Waals surface area contributed by atoms with E-state index in [9.17, 15) is 0 Å². The zero-order valence-corrected chi connectivity index (χ0v) is 8.79. The molecule has 0 aromatic carbocycles. The van der Waals surface area contributed by atoms with E-state index in [1.54, 1.807) is 0 Å². The van der Waals surface area contributed by atoms with Crippen LogP contribution in [0.4, 0.5) is 0 Å². The Bertz CT molecular complexity index is 339. The lowest BCUT2D eigenvalue weighted by atomic mass is 9.91. The average molecular weight is 187 g/mol. The Balaban J connectivity index is 2.34. The fourth-order valence-electron chi connectivity index (χ4n) is 2.10. The molecule has 0 saturated carbocycles. The van der Waals surface area contributed by atoms with Crippen LogP contribution in [-0.4, -0.2) is 4.98 Å². The second kappa shape index (κ2) is 4.41. The molecule has 0 bridgehead atoms. The van der Waals surface area contributed by atoms with Gasteiger partial charge in [0.1, 0.15) is 0 Å². The Kier molecular flexibility index (Phi) is 2.97. The van der Waals surface area contributed by atoms with Gasteiger partial charge in [-0.2, -0.15) is 0 Å². The minimum atomic E-state index is 1.11. The van der Waals surface area contributed by atoms with Crippen molar-refractivity contribution in [2.24, 2.45) is 0 Å². The van der Waals surface area contributed by atoms with Crippen LogP contribution in [0.15, 0.2) is 24.5 Å². The fraction of sp³-hybridized carbons (Fsp3) is 0.462. The maximum absolute atomic E-state index is 4.23. The maximum Gasteiger partial charge on any atom is 0.0345 e. The van der Waals surface area contributed by atoms with E-state index in [-0.39, 0.29) is 0 Å². The van der Waals surface area contributed by atoms with Gasteiger partial charge in [-0.1, -0.05) is 13.0 Å². The molecule has 0 saturated heterocycles. The molecule has 0 unspecified atom stereocenters. The van der Waals surface area contributed by atoms with Gasteiger partial charge in [-0.15, -0.1) is 0 Å². The third kappa shape index (κ3) is 1.87. The second-order valence-corrected chi connectivity index (χ2v) is 3.86. The highest BCUT2D eigenvalue weighted by Crippen LogP contribution is 2.28. The molecular weight excluding hydrogens is 170 g/mol. The van der Waals surface area contributed by atoms with E-state index in [0.29, 0.717) is 0 Å². The van der Waals surface area contributed by atoms with E-state index in [2.05, 4.69) is 24.1 Å². The van der Waals surface area contributed by atoms with Crippen molar-refractivity contribution < 1.29 is 0 Å². The summed E-state index contributed by atoms with van der Waals surface area (Å²) in [6.07, 6.45) is 12.6. The molecule has 0 atom stereocenters. The maximum atomic E-state index is 4.23. The summed E-state index contributed by atoms with van der Waals surface area (Å²) < 4.78 is 0. The van der Waals surface area contributed by atoms with E-state index >= 15 is 0 Å². The third-order valence-corrected chi connectivity index (χ3v) is 2.93. The summed E-state index contributed by atoms with van der Waals surface area (Å²) >= 11 is 0. The van der Waals surface area contributed by atoms with Crippen molar-refractivity contribution in [2.75, 3.05) is 0 Å². The van der Waals surface area contributed by atoms with Gasteiger partial charge in [-0.25, -0.2) is 0 Å². The monoisotopic (exact) mass is 187 g/mol. The predicted molar refractivity (Wildman–Crippen MR) is 60.1 cm³/mol. The Morgan fingerprint density at radius 1 is 1.36 bits per heavy atom. The molecule has 1 aliphatic rings. The Morgan fingerprint density at radius 3 is 3.00 bits per heavy atom. The van der Waals surface area contributed by atoms with E-state index < -0.39 is 0 Å². The van der Waals surface area contributed by atoms with Crippen molar-refractivity contribution >= 4 is 5.57 Å². The van der Waals surface area contributed by atoms with Gasteiger partial charge < -0.3 is 0 Å². The Morgan fingerprint density at radius 2 is 2.29 bits per heavy atom. The van der Waals surface area contributed by atoms with E-state index in [0.717, 1.165) is 6.42 Å². The first kappa shape index (κ1) is 9.45. The number of allylic oxidation sites excluding steroid dienone is 2. The van der Waals surface area contributed by atoms with Crippen molar-refractivity contribution in [2.45, 2.75) is 39.0 Å². The lowest BCUT2D eigenvalue weighted by molar-refractivity contribution is 0.741. The van der Waals surface area contributed by atoms with Crippen LogP contribution >= 0.6 is 0 Å². The first-order valence-corrected chi connectivity index (χ1v) is 5.54. The summed E-state index contributed by atoms with van der Waals surface area (Å²) in [5.41, 5.74) is 4.34. The third-order valence-electron chi connectivity index (χ3n) is 2.93. The van der Waals surface area contributed by atoms with Gasteiger partial charge in [0.15, 0.2) is 0 Å². The van der Waals surface area contributed by atoms with E-state index in [4.69, 9.17) is 0 Å². The van der Waals surface area contributed by atoms with Gasteiger partial charge in [0.2, 0.25) is 0 Å². The SMILES string of the molecule is CCc1ccncc1C1=CCCCC1. The summed E-state index contributed by atoms with van der Waals surface area (Å²) in [5, 5.41) is 0. The lowest BCUT2D eigenvalue weighted by Crippen LogP contribution is -1.97. The molecule has 74 valence electrons. The topological polar surface area (TPSA) is 12.9 Å². The molecule has 0 N–H and O–H groups in total. The number of rotatable bonds is 2. The van der Waals surface area contributed by atoms with Gasteiger partial charge in [-0.3, -0.25) is 4.98 Å². The second-order valence-electron chi connectivity index (χ2n) is 3.86. The van der Waals surface area contributed by atoms with Gasteiger partial charge in [-0.05, 0) is 54.9 Å². The fourth-order valence-corrected chi connectivity index (χ4v) is 2.10. The van der Waals surface area contributed by atoms with Crippen LogP contribution < -0.4 is 0 Å². The first-order chi connectivity index (χ1) is 6.92. The lowest BCUT2D eigenvalue weighted by Gasteiger charge is -2.15. The van der Waals surface area contributed by atoms with Crippen molar-refractivity contribution in [1.82, 2.24) is 4.98 Å². The highest BCUT2D eigenvalue weighted by Gasteiger charge is 2.09. The molecule has 14 heavy (non-hydrogen) atoms. The van der Waals surface area contributed by atoms with E-state index in [1.165, 1.54) is 42.4 Å². The molecule has 0 aliphatic heterocycles. The molecular formula is C13H17N. The molecule has 1 aromatic heterocycles. The molecule has 1 nitrogen and oxygen atoms in total. The molecule has 0 amide bonds.